The normalized spacial score (nSPS) is 22.8. The highest BCUT2D eigenvalue weighted by Gasteiger charge is 2.38. The highest BCUT2D eigenvalue weighted by Crippen LogP contribution is 2.37. The van der Waals surface area contributed by atoms with Crippen LogP contribution in [-0.4, -0.2) is 33.8 Å². The molecule has 1 N–H and O–H groups in total. The van der Waals surface area contributed by atoms with Gasteiger partial charge in [0.1, 0.15) is 5.75 Å². The lowest BCUT2D eigenvalue weighted by atomic mass is 9.76. The summed E-state index contributed by atoms with van der Waals surface area (Å²) in [5, 5.41) is 3.52. The number of rotatable bonds is 5. The van der Waals surface area contributed by atoms with Gasteiger partial charge < -0.3 is 15.0 Å². The van der Waals surface area contributed by atoms with E-state index in [0.717, 1.165) is 25.4 Å². The molecule has 1 atom stereocenters. The smallest absolute Gasteiger partial charge is 0.142 e. The second kappa shape index (κ2) is 5.83. The van der Waals surface area contributed by atoms with Crippen LogP contribution in [0.15, 0.2) is 24.3 Å². The van der Waals surface area contributed by atoms with E-state index in [1.807, 2.05) is 12.1 Å². The summed E-state index contributed by atoms with van der Waals surface area (Å²) in [6.07, 6.45) is 1.25. The predicted molar refractivity (Wildman–Crippen MR) is 81.0 cm³/mol. The van der Waals surface area contributed by atoms with Crippen LogP contribution in [0.3, 0.4) is 0 Å². The Balaban J connectivity index is 2.17. The van der Waals surface area contributed by atoms with E-state index in [1.54, 1.807) is 7.11 Å². The number of nitrogens with zero attached hydrogens (tertiary/aromatic N) is 1. The molecule has 0 radical (unpaired) electrons. The van der Waals surface area contributed by atoms with Gasteiger partial charge in [0, 0.05) is 25.6 Å². The van der Waals surface area contributed by atoms with Crippen LogP contribution in [0.4, 0.5) is 5.69 Å². The summed E-state index contributed by atoms with van der Waals surface area (Å²) in [6, 6.07) is 8.25. The molecule has 3 nitrogen and oxygen atoms in total. The van der Waals surface area contributed by atoms with Crippen LogP contribution in [0, 0.1) is 11.3 Å². The van der Waals surface area contributed by atoms with E-state index in [9.17, 15) is 0 Å². The molecule has 1 fully saturated rings. The average molecular weight is 262 g/mol. The van der Waals surface area contributed by atoms with E-state index >= 15 is 0 Å². The minimum Gasteiger partial charge on any atom is -0.495 e. The summed E-state index contributed by atoms with van der Waals surface area (Å²) in [4.78, 5) is 2.34. The third-order valence-electron chi connectivity index (χ3n) is 4.55. The summed E-state index contributed by atoms with van der Waals surface area (Å²) in [5.74, 6) is 1.63. The quantitative estimate of drug-likeness (QED) is 0.883. The molecular formula is C16H26N2O. The van der Waals surface area contributed by atoms with Gasteiger partial charge in [-0.05, 0) is 31.0 Å². The highest BCUT2D eigenvalue weighted by atomic mass is 16.5. The lowest BCUT2D eigenvalue weighted by molar-refractivity contribution is 0.225. The van der Waals surface area contributed by atoms with Crippen molar-refractivity contribution >= 4 is 5.69 Å². The molecule has 0 spiro atoms. The number of nitrogens with one attached hydrogen (secondary N) is 1. The molecule has 0 bridgehead atoms. The van der Waals surface area contributed by atoms with Crippen molar-refractivity contribution in [1.82, 2.24) is 5.32 Å². The Morgan fingerprint density at radius 2 is 2.11 bits per heavy atom. The number of benzene rings is 1. The van der Waals surface area contributed by atoms with Crippen LogP contribution >= 0.6 is 0 Å². The third-order valence-corrected chi connectivity index (χ3v) is 4.55. The van der Waals surface area contributed by atoms with Crippen molar-refractivity contribution < 1.29 is 4.74 Å². The van der Waals surface area contributed by atoms with E-state index in [-0.39, 0.29) is 0 Å². The fourth-order valence-corrected chi connectivity index (χ4v) is 3.08. The molecule has 1 saturated heterocycles. The van der Waals surface area contributed by atoms with Gasteiger partial charge in [-0.25, -0.2) is 0 Å². The van der Waals surface area contributed by atoms with E-state index in [0.29, 0.717) is 11.3 Å². The second-order valence-electron chi connectivity index (χ2n) is 5.97. The standard InChI is InChI=1S/C16H26N2O/c1-13(2)16(9-10-17-11-16)12-18(3)14-7-5-6-8-15(14)19-4/h5-8,13,17H,9-12H2,1-4H3. The topological polar surface area (TPSA) is 24.5 Å². The van der Waals surface area contributed by atoms with Gasteiger partial charge in [0.2, 0.25) is 0 Å². The zero-order chi connectivity index (χ0) is 13.9. The van der Waals surface area contributed by atoms with Gasteiger partial charge in [-0.2, -0.15) is 0 Å². The Morgan fingerprint density at radius 1 is 1.37 bits per heavy atom. The number of methoxy groups -OCH3 is 1. The first-order valence-electron chi connectivity index (χ1n) is 7.14. The predicted octanol–water partition coefficient (Wildman–Crippen LogP) is 2.77. The number of para-hydroxylation sites is 2. The number of ether oxygens (including phenoxy) is 1. The summed E-state index contributed by atoms with van der Waals surface area (Å²) >= 11 is 0. The Kier molecular flexibility index (Phi) is 4.35. The van der Waals surface area contributed by atoms with Crippen molar-refractivity contribution in [1.29, 1.82) is 0 Å². The van der Waals surface area contributed by atoms with Gasteiger partial charge in [0.05, 0.1) is 12.8 Å². The molecule has 0 saturated carbocycles. The number of hydrogen-bond donors (Lipinski definition) is 1. The van der Waals surface area contributed by atoms with Crippen LogP contribution in [0.25, 0.3) is 0 Å². The fourth-order valence-electron chi connectivity index (χ4n) is 3.08. The molecular weight excluding hydrogens is 236 g/mol. The first-order chi connectivity index (χ1) is 9.09. The molecule has 3 heteroatoms. The number of hydrogen-bond acceptors (Lipinski definition) is 3. The summed E-state index contributed by atoms with van der Waals surface area (Å²) in [5.41, 5.74) is 1.55. The zero-order valence-electron chi connectivity index (χ0n) is 12.6. The van der Waals surface area contributed by atoms with Crippen LogP contribution in [0.2, 0.25) is 0 Å². The van der Waals surface area contributed by atoms with Gasteiger partial charge in [0.25, 0.3) is 0 Å². The van der Waals surface area contributed by atoms with Crippen molar-refractivity contribution in [2.24, 2.45) is 11.3 Å². The van der Waals surface area contributed by atoms with Crippen LogP contribution in [0.5, 0.6) is 5.75 Å². The summed E-state index contributed by atoms with van der Waals surface area (Å²) in [6.45, 7) is 7.99. The largest absolute Gasteiger partial charge is 0.495 e. The molecule has 1 heterocycles. The minimum atomic E-state index is 0.371. The molecule has 0 amide bonds. The maximum absolute atomic E-state index is 5.47. The molecule has 1 aliphatic rings. The molecule has 1 unspecified atom stereocenters. The zero-order valence-corrected chi connectivity index (χ0v) is 12.6. The average Bonchev–Trinajstić information content (AvgIpc) is 2.88. The Hall–Kier alpha value is -1.22. The molecule has 1 aromatic rings. The van der Waals surface area contributed by atoms with E-state index in [4.69, 9.17) is 4.74 Å². The Bertz CT molecular complexity index is 411. The van der Waals surface area contributed by atoms with Crippen molar-refractivity contribution in [3.63, 3.8) is 0 Å². The van der Waals surface area contributed by atoms with Gasteiger partial charge in [-0.15, -0.1) is 0 Å². The van der Waals surface area contributed by atoms with Crippen molar-refractivity contribution in [3.8, 4) is 5.75 Å². The molecule has 1 aliphatic heterocycles. The molecule has 1 aromatic carbocycles. The van der Waals surface area contributed by atoms with Gasteiger partial charge in [-0.1, -0.05) is 26.0 Å². The molecule has 2 rings (SSSR count). The molecule has 0 aliphatic carbocycles. The SMILES string of the molecule is COc1ccccc1N(C)CC1(C(C)C)CCNC1. The van der Waals surface area contributed by atoms with Crippen LogP contribution < -0.4 is 15.0 Å². The number of anilines is 1. The molecule has 106 valence electrons. The Labute approximate surface area is 116 Å². The van der Waals surface area contributed by atoms with E-state index in [1.165, 1.54) is 12.1 Å². The van der Waals surface area contributed by atoms with Crippen molar-refractivity contribution in [2.45, 2.75) is 20.3 Å². The second-order valence-corrected chi connectivity index (χ2v) is 5.97. The first-order valence-corrected chi connectivity index (χ1v) is 7.14. The minimum absolute atomic E-state index is 0.371. The first kappa shape index (κ1) is 14.2. The van der Waals surface area contributed by atoms with Crippen molar-refractivity contribution in [2.75, 3.05) is 38.7 Å². The van der Waals surface area contributed by atoms with Crippen LogP contribution in [-0.2, 0) is 0 Å². The summed E-state index contributed by atoms with van der Waals surface area (Å²) < 4.78 is 5.47. The Morgan fingerprint density at radius 3 is 2.68 bits per heavy atom. The van der Waals surface area contributed by atoms with E-state index < -0.39 is 0 Å². The van der Waals surface area contributed by atoms with Gasteiger partial charge in [0.15, 0.2) is 0 Å². The van der Waals surface area contributed by atoms with Crippen molar-refractivity contribution in [3.05, 3.63) is 24.3 Å². The monoisotopic (exact) mass is 262 g/mol. The highest BCUT2D eigenvalue weighted by molar-refractivity contribution is 5.58. The van der Waals surface area contributed by atoms with E-state index in [2.05, 4.69) is 43.2 Å². The van der Waals surface area contributed by atoms with Crippen LogP contribution in [0.1, 0.15) is 20.3 Å². The third kappa shape index (κ3) is 2.86. The summed E-state index contributed by atoms with van der Waals surface area (Å²) in [7, 11) is 3.91. The lowest BCUT2D eigenvalue weighted by Crippen LogP contribution is -2.41. The maximum atomic E-state index is 5.47. The maximum Gasteiger partial charge on any atom is 0.142 e. The molecule has 0 aromatic heterocycles. The fraction of sp³-hybridized carbons (Fsp3) is 0.625. The van der Waals surface area contributed by atoms with Gasteiger partial charge >= 0.3 is 0 Å². The lowest BCUT2D eigenvalue weighted by Gasteiger charge is -2.37. The molecule has 19 heavy (non-hydrogen) atoms. The van der Waals surface area contributed by atoms with Gasteiger partial charge in [-0.3, -0.25) is 0 Å².